The van der Waals surface area contributed by atoms with E-state index in [-0.39, 0.29) is 9.92 Å². The molecule has 0 fully saturated rings. The molecule has 0 atom stereocenters. The van der Waals surface area contributed by atoms with Crippen LogP contribution in [0.1, 0.15) is 11.4 Å². The van der Waals surface area contributed by atoms with Gasteiger partial charge in [-0.1, -0.05) is 23.2 Å². The third-order valence-corrected chi connectivity index (χ3v) is 5.17. The molecule has 23 heavy (non-hydrogen) atoms. The normalized spacial score (nSPS) is 11.5. The summed E-state index contributed by atoms with van der Waals surface area (Å²) in [6, 6.07) is 4.56. The maximum atomic E-state index is 12.2. The van der Waals surface area contributed by atoms with Crippen molar-refractivity contribution in [1.82, 2.24) is 14.9 Å². The second-order valence-corrected chi connectivity index (χ2v) is 7.31. The zero-order valence-electron chi connectivity index (χ0n) is 12.3. The van der Waals surface area contributed by atoms with E-state index in [0.717, 1.165) is 0 Å². The molecule has 0 unspecified atom stereocenters. The van der Waals surface area contributed by atoms with Gasteiger partial charge in [0.2, 0.25) is 15.9 Å². The van der Waals surface area contributed by atoms with Crippen LogP contribution < -0.4 is 10.0 Å². The summed E-state index contributed by atoms with van der Waals surface area (Å²) in [7, 11) is -3.84. The molecule has 0 radical (unpaired) electrons. The minimum absolute atomic E-state index is 0.0369. The van der Waals surface area contributed by atoms with Gasteiger partial charge in [-0.3, -0.25) is 9.89 Å². The first-order valence-electron chi connectivity index (χ1n) is 6.47. The van der Waals surface area contributed by atoms with Gasteiger partial charge in [-0.15, -0.1) is 0 Å². The second kappa shape index (κ2) is 6.88. The zero-order chi connectivity index (χ0) is 17.2. The third kappa shape index (κ3) is 4.23. The minimum atomic E-state index is -3.84. The van der Waals surface area contributed by atoms with Crippen LogP contribution in [0.3, 0.4) is 0 Å². The van der Waals surface area contributed by atoms with Crippen LogP contribution in [0.2, 0.25) is 10.0 Å². The van der Waals surface area contributed by atoms with Crippen LogP contribution in [-0.4, -0.2) is 31.1 Å². The highest BCUT2D eigenvalue weighted by Crippen LogP contribution is 2.25. The van der Waals surface area contributed by atoms with Crippen molar-refractivity contribution in [3.05, 3.63) is 39.6 Å². The minimum Gasteiger partial charge on any atom is -0.324 e. The molecule has 0 spiro atoms. The fourth-order valence-corrected chi connectivity index (χ4v) is 3.76. The van der Waals surface area contributed by atoms with Crippen molar-refractivity contribution in [3.8, 4) is 0 Å². The van der Waals surface area contributed by atoms with Crippen LogP contribution in [0.15, 0.2) is 23.1 Å². The summed E-state index contributed by atoms with van der Waals surface area (Å²) in [5.74, 6) is -0.559. The molecule has 1 aromatic heterocycles. The summed E-state index contributed by atoms with van der Waals surface area (Å²) in [4.78, 5) is 11.9. The third-order valence-electron chi connectivity index (χ3n) is 2.96. The van der Waals surface area contributed by atoms with Crippen molar-refractivity contribution in [3.63, 3.8) is 0 Å². The lowest BCUT2D eigenvalue weighted by Gasteiger charge is -2.09. The highest BCUT2D eigenvalue weighted by atomic mass is 35.5. The molecule has 0 saturated heterocycles. The van der Waals surface area contributed by atoms with Crippen molar-refractivity contribution >= 4 is 44.8 Å². The number of nitrogens with zero attached hydrogens (tertiary/aromatic N) is 1. The number of aryl methyl sites for hydroxylation is 2. The van der Waals surface area contributed by atoms with E-state index in [2.05, 4.69) is 20.2 Å². The van der Waals surface area contributed by atoms with E-state index in [1.807, 2.05) is 0 Å². The Balaban J connectivity index is 2.04. The number of sulfonamides is 1. The van der Waals surface area contributed by atoms with Gasteiger partial charge in [0.05, 0.1) is 28.6 Å². The van der Waals surface area contributed by atoms with E-state index in [1.54, 1.807) is 19.9 Å². The highest BCUT2D eigenvalue weighted by molar-refractivity contribution is 7.89. The van der Waals surface area contributed by atoms with Gasteiger partial charge in [0.25, 0.3) is 0 Å². The molecule has 0 aliphatic rings. The van der Waals surface area contributed by atoms with E-state index in [0.29, 0.717) is 22.1 Å². The van der Waals surface area contributed by atoms with Crippen LogP contribution in [0.5, 0.6) is 0 Å². The largest absolute Gasteiger partial charge is 0.324 e. The average molecular weight is 377 g/mol. The van der Waals surface area contributed by atoms with E-state index in [9.17, 15) is 13.2 Å². The number of carbonyl (C=O) groups is 1. The summed E-state index contributed by atoms with van der Waals surface area (Å²) in [6.45, 7) is 2.71. The SMILES string of the molecule is Cc1n[nH]c(C)c1S(=O)(=O)NCC(=O)Nc1ccc(Cl)cc1Cl. The molecule has 1 amide bonds. The molecule has 0 bridgehead atoms. The fraction of sp³-hybridized carbons (Fsp3) is 0.231. The van der Waals surface area contributed by atoms with Crippen LogP contribution in [0, 0.1) is 13.8 Å². The van der Waals surface area contributed by atoms with Crippen molar-refractivity contribution in [2.24, 2.45) is 0 Å². The summed E-state index contributed by atoms with van der Waals surface area (Å²) in [5.41, 5.74) is 1.07. The van der Waals surface area contributed by atoms with Gasteiger partial charge in [0.1, 0.15) is 4.90 Å². The van der Waals surface area contributed by atoms with Gasteiger partial charge in [0.15, 0.2) is 0 Å². The van der Waals surface area contributed by atoms with Crippen molar-refractivity contribution in [1.29, 1.82) is 0 Å². The fourth-order valence-electron chi connectivity index (χ4n) is 1.95. The van der Waals surface area contributed by atoms with E-state index >= 15 is 0 Å². The Hall–Kier alpha value is -1.61. The quantitative estimate of drug-likeness (QED) is 0.743. The molecule has 10 heteroatoms. The Labute approximate surface area is 143 Å². The van der Waals surface area contributed by atoms with Crippen molar-refractivity contribution < 1.29 is 13.2 Å². The number of carbonyl (C=O) groups excluding carboxylic acids is 1. The Morgan fingerprint density at radius 2 is 2.00 bits per heavy atom. The predicted octanol–water partition coefficient (Wildman–Crippen LogP) is 2.25. The number of hydrogen-bond acceptors (Lipinski definition) is 4. The van der Waals surface area contributed by atoms with E-state index in [4.69, 9.17) is 23.2 Å². The number of anilines is 1. The average Bonchev–Trinajstić information content (AvgIpc) is 2.80. The Kier molecular flexibility index (Phi) is 5.30. The smallest absolute Gasteiger partial charge is 0.244 e. The number of halogens is 2. The lowest BCUT2D eigenvalue weighted by Crippen LogP contribution is -2.33. The van der Waals surface area contributed by atoms with Crippen LogP contribution in [-0.2, 0) is 14.8 Å². The number of H-pyrrole nitrogens is 1. The van der Waals surface area contributed by atoms with Crippen molar-refractivity contribution in [2.75, 3.05) is 11.9 Å². The Morgan fingerprint density at radius 3 is 2.57 bits per heavy atom. The molecule has 0 aliphatic heterocycles. The number of benzene rings is 1. The van der Waals surface area contributed by atoms with Gasteiger partial charge in [0, 0.05) is 5.02 Å². The molecule has 1 aromatic carbocycles. The first kappa shape index (κ1) is 17.7. The maximum absolute atomic E-state index is 12.2. The number of rotatable bonds is 5. The van der Waals surface area contributed by atoms with Crippen molar-refractivity contribution in [2.45, 2.75) is 18.7 Å². The van der Waals surface area contributed by atoms with Crippen LogP contribution in [0.4, 0.5) is 5.69 Å². The van der Waals surface area contributed by atoms with Gasteiger partial charge < -0.3 is 5.32 Å². The Bertz CT molecular complexity index is 829. The van der Waals surface area contributed by atoms with E-state index in [1.165, 1.54) is 12.1 Å². The van der Waals surface area contributed by atoms with Crippen LogP contribution in [0.25, 0.3) is 0 Å². The molecular weight excluding hydrogens is 363 g/mol. The molecule has 124 valence electrons. The number of hydrogen-bond donors (Lipinski definition) is 3. The molecule has 7 nitrogen and oxygen atoms in total. The van der Waals surface area contributed by atoms with Gasteiger partial charge in [-0.05, 0) is 32.0 Å². The monoisotopic (exact) mass is 376 g/mol. The Morgan fingerprint density at radius 1 is 1.30 bits per heavy atom. The number of amides is 1. The first-order chi connectivity index (χ1) is 10.7. The molecule has 0 aliphatic carbocycles. The standard InChI is InChI=1S/C13H14Cl2N4O3S/c1-7-13(8(2)19-18-7)23(21,22)16-6-12(20)17-11-4-3-9(14)5-10(11)15/h3-5,16H,6H2,1-2H3,(H,17,20)(H,18,19). The first-order valence-corrected chi connectivity index (χ1v) is 8.71. The predicted molar refractivity (Wildman–Crippen MR) is 88.3 cm³/mol. The summed E-state index contributed by atoms with van der Waals surface area (Å²) >= 11 is 11.7. The number of nitrogens with one attached hydrogen (secondary N) is 3. The summed E-state index contributed by atoms with van der Waals surface area (Å²) in [5, 5.41) is 9.60. The van der Waals surface area contributed by atoms with Gasteiger partial charge in [-0.25, -0.2) is 13.1 Å². The second-order valence-electron chi connectivity index (χ2n) is 4.76. The van der Waals surface area contributed by atoms with Gasteiger partial charge >= 0.3 is 0 Å². The molecular formula is C13H14Cl2N4O3S. The lowest BCUT2D eigenvalue weighted by molar-refractivity contribution is -0.115. The number of aromatic nitrogens is 2. The van der Waals surface area contributed by atoms with Gasteiger partial charge in [-0.2, -0.15) is 5.10 Å². The molecule has 1 heterocycles. The summed E-state index contributed by atoms with van der Waals surface area (Å²) in [6.07, 6.45) is 0. The molecule has 2 aromatic rings. The topological polar surface area (TPSA) is 104 Å². The molecule has 3 N–H and O–H groups in total. The highest BCUT2D eigenvalue weighted by Gasteiger charge is 2.22. The maximum Gasteiger partial charge on any atom is 0.244 e. The van der Waals surface area contributed by atoms with Crippen LogP contribution >= 0.6 is 23.2 Å². The zero-order valence-corrected chi connectivity index (χ0v) is 14.6. The van der Waals surface area contributed by atoms with E-state index < -0.39 is 22.5 Å². The molecule has 2 rings (SSSR count). The molecule has 0 saturated carbocycles. The number of aromatic amines is 1. The lowest BCUT2D eigenvalue weighted by atomic mass is 10.3. The summed E-state index contributed by atoms with van der Waals surface area (Å²) < 4.78 is 26.6.